The van der Waals surface area contributed by atoms with Gasteiger partial charge in [0.15, 0.2) is 0 Å². The van der Waals surface area contributed by atoms with Crippen LogP contribution in [0.25, 0.3) is 21.7 Å². The molecule has 152 valence electrons. The first-order valence-electron chi connectivity index (χ1n) is 11.1. The van der Waals surface area contributed by atoms with Crippen molar-refractivity contribution in [3.63, 3.8) is 0 Å². The van der Waals surface area contributed by atoms with Gasteiger partial charge < -0.3 is 10.3 Å². The van der Waals surface area contributed by atoms with E-state index >= 15 is 0 Å². The zero-order valence-corrected chi connectivity index (χ0v) is 18.0. The van der Waals surface area contributed by atoms with E-state index in [4.69, 9.17) is 0 Å². The molecular formula is C28H24N2O. The average Bonchev–Trinajstić information content (AvgIpc) is 3.60. The number of nitrogens with one attached hydrogen (secondary N) is 2. The highest BCUT2D eigenvalue weighted by Crippen LogP contribution is 2.55. The highest BCUT2D eigenvalue weighted by atomic mass is 16.2. The van der Waals surface area contributed by atoms with Gasteiger partial charge in [-0.25, -0.2) is 0 Å². The van der Waals surface area contributed by atoms with Gasteiger partial charge in [-0.05, 0) is 81.8 Å². The van der Waals surface area contributed by atoms with E-state index in [-0.39, 0.29) is 11.3 Å². The van der Waals surface area contributed by atoms with E-state index in [1.807, 2.05) is 6.07 Å². The lowest BCUT2D eigenvalue weighted by Gasteiger charge is -2.17. The van der Waals surface area contributed by atoms with E-state index in [9.17, 15) is 4.79 Å². The maximum absolute atomic E-state index is 13.4. The second-order valence-corrected chi connectivity index (χ2v) is 10.5. The van der Waals surface area contributed by atoms with E-state index < -0.39 is 5.41 Å². The Balaban J connectivity index is 1.20. The molecule has 1 amide bonds. The molecule has 3 aliphatic carbocycles. The van der Waals surface area contributed by atoms with Crippen LogP contribution >= 0.6 is 0 Å². The fourth-order valence-electron chi connectivity index (χ4n) is 5.04. The Kier molecular flexibility index (Phi) is 3.06. The van der Waals surface area contributed by atoms with Crippen molar-refractivity contribution in [2.24, 2.45) is 0 Å². The van der Waals surface area contributed by atoms with Gasteiger partial charge in [-0.3, -0.25) is 4.79 Å². The van der Waals surface area contributed by atoms with Gasteiger partial charge in [-0.15, -0.1) is 0 Å². The van der Waals surface area contributed by atoms with Crippen LogP contribution in [-0.4, -0.2) is 10.9 Å². The number of carbonyl (C=O) groups excluding carboxylic acids is 1. The maximum Gasteiger partial charge on any atom is 0.235 e. The van der Waals surface area contributed by atoms with Crippen LogP contribution in [0.15, 0.2) is 42.5 Å². The van der Waals surface area contributed by atoms with Crippen molar-refractivity contribution < 1.29 is 4.79 Å². The predicted molar refractivity (Wildman–Crippen MR) is 125 cm³/mol. The van der Waals surface area contributed by atoms with Gasteiger partial charge in [0.25, 0.3) is 0 Å². The lowest BCUT2D eigenvalue weighted by molar-refractivity contribution is -0.118. The molecule has 0 atom stereocenters. The van der Waals surface area contributed by atoms with E-state index in [2.05, 4.69) is 80.3 Å². The minimum atomic E-state index is -0.393. The Labute approximate surface area is 181 Å². The second-order valence-electron chi connectivity index (χ2n) is 10.5. The van der Waals surface area contributed by atoms with Gasteiger partial charge in [0.2, 0.25) is 5.91 Å². The minimum absolute atomic E-state index is 0.0658. The number of carbonyl (C=O) groups is 1. The molecule has 3 aliphatic rings. The fourth-order valence-corrected chi connectivity index (χ4v) is 5.04. The van der Waals surface area contributed by atoms with Gasteiger partial charge in [-0.2, -0.15) is 0 Å². The highest BCUT2D eigenvalue weighted by Gasteiger charge is 2.51. The number of aromatic nitrogens is 1. The number of fused-ring (bicyclic) bond motifs is 7. The molecule has 3 nitrogen and oxygen atoms in total. The summed E-state index contributed by atoms with van der Waals surface area (Å²) in [5, 5.41) is 6.98. The van der Waals surface area contributed by atoms with Gasteiger partial charge in [0.05, 0.1) is 5.41 Å². The zero-order valence-electron chi connectivity index (χ0n) is 18.0. The van der Waals surface area contributed by atoms with Gasteiger partial charge >= 0.3 is 0 Å². The van der Waals surface area contributed by atoms with Crippen LogP contribution in [-0.2, 0) is 15.6 Å². The summed E-state index contributed by atoms with van der Waals surface area (Å²) < 4.78 is 0. The van der Waals surface area contributed by atoms with Crippen molar-refractivity contribution in [1.29, 1.82) is 0 Å². The number of anilines is 1. The first kappa shape index (κ1) is 17.6. The molecule has 2 N–H and O–H groups in total. The number of H-pyrrole nitrogens is 1. The van der Waals surface area contributed by atoms with Crippen molar-refractivity contribution >= 4 is 33.3 Å². The lowest BCUT2D eigenvalue weighted by atomic mass is 9.92. The molecule has 0 unspecified atom stereocenters. The molecular weight excluding hydrogens is 380 g/mol. The Bertz CT molecular complexity index is 1460. The van der Waals surface area contributed by atoms with Crippen molar-refractivity contribution in [2.75, 3.05) is 5.32 Å². The largest absolute Gasteiger partial charge is 0.358 e. The Hall–Kier alpha value is -3.07. The van der Waals surface area contributed by atoms with Crippen LogP contribution in [0, 0.1) is 12.8 Å². The average molecular weight is 405 g/mol. The Morgan fingerprint density at radius 2 is 1.65 bits per heavy atom. The van der Waals surface area contributed by atoms with Gasteiger partial charge in [0, 0.05) is 40.5 Å². The summed E-state index contributed by atoms with van der Waals surface area (Å²) in [7, 11) is 0. The van der Waals surface area contributed by atoms with Crippen molar-refractivity contribution in [3.05, 3.63) is 88.8 Å². The number of hydrogen-bond donors (Lipinski definition) is 2. The molecule has 0 bridgehead atoms. The molecule has 0 aliphatic heterocycles. The lowest BCUT2D eigenvalue weighted by Crippen LogP contribution is -2.27. The summed E-state index contributed by atoms with van der Waals surface area (Å²) in [6.07, 6.45) is 6.36. The Morgan fingerprint density at radius 3 is 2.35 bits per heavy atom. The summed E-state index contributed by atoms with van der Waals surface area (Å²) in [5.74, 6) is 0.112. The first-order chi connectivity index (χ1) is 14.8. The fraction of sp³-hybridized carbons (Fsp3) is 0.250. The molecule has 3 aromatic carbocycles. The Morgan fingerprint density at radius 1 is 0.903 bits per heavy atom. The monoisotopic (exact) mass is 404 g/mol. The van der Waals surface area contributed by atoms with Crippen LogP contribution in [0.1, 0.15) is 67.1 Å². The molecule has 1 fully saturated rings. The highest BCUT2D eigenvalue weighted by molar-refractivity contribution is 6.07. The molecule has 0 saturated heterocycles. The summed E-state index contributed by atoms with van der Waals surface area (Å²) in [4.78, 5) is 16.9. The minimum Gasteiger partial charge on any atom is -0.358 e. The summed E-state index contributed by atoms with van der Waals surface area (Å²) in [6.45, 7) is 6.60. The smallest absolute Gasteiger partial charge is 0.235 e. The van der Waals surface area contributed by atoms with Crippen molar-refractivity contribution in [1.82, 2.24) is 4.98 Å². The van der Waals surface area contributed by atoms with Crippen LogP contribution in [0.5, 0.6) is 0 Å². The zero-order chi connectivity index (χ0) is 21.1. The summed E-state index contributed by atoms with van der Waals surface area (Å²) >= 11 is 0. The normalized spacial score (nSPS) is 17.4. The van der Waals surface area contributed by atoms with E-state index in [0.717, 1.165) is 35.0 Å². The molecule has 3 heteroatoms. The van der Waals surface area contributed by atoms with Gasteiger partial charge in [0.1, 0.15) is 0 Å². The molecule has 1 saturated carbocycles. The second kappa shape index (κ2) is 5.40. The third kappa shape index (κ3) is 2.49. The topological polar surface area (TPSA) is 44.9 Å². The predicted octanol–water partition coefficient (Wildman–Crippen LogP) is 6.12. The SMILES string of the molecule is CC(C)(C)c1cc2cc(NC(=O)C3(c4ccc5c6c(c7c(c5c4)[CH]7)[CH]6)CC3)ccc2[nH]1. The van der Waals surface area contributed by atoms with Crippen LogP contribution in [0.4, 0.5) is 5.69 Å². The standard InChI is InChI=1S/C28H24N2O/c1-27(2,3)25-11-15-10-17(5-7-24(15)30-25)29-26(31)28(8-9-28)16-4-6-18-19(12-16)21-14-23(21)22-13-20(18)22/h4-7,10-14,30H,8-9H2,1-3H3,(H,29,31). The molecule has 1 aromatic heterocycles. The van der Waals surface area contributed by atoms with Crippen LogP contribution in [0.3, 0.4) is 0 Å². The molecule has 2 radical (unpaired) electrons. The molecule has 7 rings (SSSR count). The third-order valence-electron chi connectivity index (χ3n) is 7.30. The molecule has 1 heterocycles. The first-order valence-corrected chi connectivity index (χ1v) is 11.1. The number of rotatable bonds is 3. The number of aromatic amines is 1. The van der Waals surface area contributed by atoms with Crippen molar-refractivity contribution in [3.8, 4) is 0 Å². The molecule has 4 aromatic rings. The van der Waals surface area contributed by atoms with E-state index in [1.165, 1.54) is 38.7 Å². The van der Waals surface area contributed by atoms with Crippen molar-refractivity contribution in [2.45, 2.75) is 44.4 Å². The van der Waals surface area contributed by atoms with E-state index in [1.54, 1.807) is 0 Å². The summed E-state index contributed by atoms with van der Waals surface area (Å²) in [6, 6.07) is 15.0. The maximum atomic E-state index is 13.4. The number of hydrogen-bond acceptors (Lipinski definition) is 1. The van der Waals surface area contributed by atoms with Crippen LogP contribution in [0.2, 0.25) is 0 Å². The molecule has 0 spiro atoms. The molecule has 31 heavy (non-hydrogen) atoms. The summed E-state index contributed by atoms with van der Waals surface area (Å²) in [5.41, 5.74) is 9.58. The van der Waals surface area contributed by atoms with Gasteiger partial charge in [-0.1, -0.05) is 32.9 Å². The number of amides is 1. The third-order valence-corrected chi connectivity index (χ3v) is 7.30. The number of benzene rings is 3. The van der Waals surface area contributed by atoms with Crippen LogP contribution < -0.4 is 5.32 Å². The van der Waals surface area contributed by atoms with E-state index in [0.29, 0.717) is 0 Å². The quantitative estimate of drug-likeness (QED) is 0.367.